The molecule has 2 aromatic carbocycles. The molecule has 0 N–H and O–H groups in total. The molecule has 0 aliphatic carbocycles. The molecule has 0 fully saturated rings. The third kappa shape index (κ3) is 4.61. The van der Waals surface area contributed by atoms with Crippen LogP contribution in [0.1, 0.15) is 25.8 Å². The second kappa shape index (κ2) is 8.68. The molecular formula is C23H24OS. The molecule has 1 nitrogen and oxygen atoms in total. The Labute approximate surface area is 154 Å². The minimum atomic E-state index is 0.628. The van der Waals surface area contributed by atoms with E-state index in [2.05, 4.69) is 61.5 Å². The Balaban J connectivity index is 1.71. The average Bonchev–Trinajstić information content (AvgIpc) is 3.12. The van der Waals surface area contributed by atoms with Crippen LogP contribution in [0.15, 0.2) is 72.8 Å². The number of hydrogen-bond donors (Lipinski definition) is 0. The lowest BCUT2D eigenvalue weighted by Gasteiger charge is -2.05. The van der Waals surface area contributed by atoms with E-state index in [-0.39, 0.29) is 0 Å². The van der Waals surface area contributed by atoms with E-state index < -0.39 is 0 Å². The SMILES string of the molecule is CC=CCOc1ccc(-c2ccc(-c3ccc(CCC)cc3)cc2)s1. The van der Waals surface area contributed by atoms with E-state index in [0.717, 1.165) is 11.5 Å². The summed E-state index contributed by atoms with van der Waals surface area (Å²) in [6, 6.07) is 21.9. The minimum Gasteiger partial charge on any atom is -0.480 e. The van der Waals surface area contributed by atoms with Gasteiger partial charge in [0.25, 0.3) is 0 Å². The zero-order valence-electron chi connectivity index (χ0n) is 14.9. The Bertz CT molecular complexity index is 810. The largest absolute Gasteiger partial charge is 0.480 e. The second-order valence-corrected chi connectivity index (χ2v) is 7.07. The van der Waals surface area contributed by atoms with Crippen molar-refractivity contribution in [2.45, 2.75) is 26.7 Å². The summed E-state index contributed by atoms with van der Waals surface area (Å²) in [5, 5.41) is 0.962. The molecule has 0 bridgehead atoms. The number of ether oxygens (including phenoxy) is 1. The van der Waals surface area contributed by atoms with Crippen molar-refractivity contribution in [1.82, 2.24) is 0 Å². The van der Waals surface area contributed by atoms with Crippen molar-refractivity contribution < 1.29 is 4.74 Å². The van der Waals surface area contributed by atoms with Gasteiger partial charge in [0.15, 0.2) is 5.06 Å². The van der Waals surface area contributed by atoms with Gasteiger partial charge in [-0.1, -0.05) is 85.4 Å². The quantitative estimate of drug-likeness (QED) is 0.418. The van der Waals surface area contributed by atoms with Crippen molar-refractivity contribution in [2.75, 3.05) is 6.61 Å². The minimum absolute atomic E-state index is 0.628. The summed E-state index contributed by atoms with van der Waals surface area (Å²) >= 11 is 1.69. The topological polar surface area (TPSA) is 9.23 Å². The highest BCUT2D eigenvalue weighted by Crippen LogP contribution is 2.34. The number of allylic oxidation sites excluding steroid dienone is 1. The van der Waals surface area contributed by atoms with Gasteiger partial charge in [-0.15, -0.1) is 0 Å². The molecule has 1 aromatic heterocycles. The van der Waals surface area contributed by atoms with Crippen LogP contribution in [0.5, 0.6) is 5.06 Å². The smallest absolute Gasteiger partial charge is 0.174 e. The van der Waals surface area contributed by atoms with E-state index in [4.69, 9.17) is 4.74 Å². The molecule has 3 rings (SSSR count). The number of aryl methyl sites for hydroxylation is 1. The Morgan fingerprint density at radius 1 is 0.840 bits per heavy atom. The van der Waals surface area contributed by atoms with Gasteiger partial charge < -0.3 is 4.74 Å². The van der Waals surface area contributed by atoms with Crippen LogP contribution in [-0.4, -0.2) is 6.61 Å². The Hall–Kier alpha value is -2.32. The van der Waals surface area contributed by atoms with Gasteiger partial charge in [0.2, 0.25) is 0 Å². The molecule has 3 aromatic rings. The van der Waals surface area contributed by atoms with E-state index in [1.165, 1.54) is 33.6 Å². The van der Waals surface area contributed by atoms with E-state index in [1.54, 1.807) is 11.3 Å². The molecular weight excluding hydrogens is 324 g/mol. The van der Waals surface area contributed by atoms with Crippen molar-refractivity contribution in [3.63, 3.8) is 0 Å². The first-order valence-electron chi connectivity index (χ1n) is 8.83. The predicted octanol–water partition coefficient (Wildman–Crippen LogP) is 6.99. The fraction of sp³-hybridized carbons (Fsp3) is 0.217. The van der Waals surface area contributed by atoms with Crippen LogP contribution in [0.3, 0.4) is 0 Å². The molecule has 0 aliphatic heterocycles. The monoisotopic (exact) mass is 348 g/mol. The maximum Gasteiger partial charge on any atom is 0.174 e. The van der Waals surface area contributed by atoms with Crippen LogP contribution < -0.4 is 4.74 Å². The fourth-order valence-electron chi connectivity index (χ4n) is 2.76. The molecule has 2 heteroatoms. The third-order valence-electron chi connectivity index (χ3n) is 4.13. The van der Waals surface area contributed by atoms with Gasteiger partial charge in [0, 0.05) is 4.88 Å². The first kappa shape index (κ1) is 17.5. The van der Waals surface area contributed by atoms with Crippen LogP contribution in [-0.2, 0) is 6.42 Å². The number of thiophene rings is 1. The van der Waals surface area contributed by atoms with Gasteiger partial charge in [0.1, 0.15) is 6.61 Å². The Morgan fingerprint density at radius 3 is 2.12 bits per heavy atom. The van der Waals surface area contributed by atoms with Crippen molar-refractivity contribution in [3.05, 3.63) is 78.4 Å². The number of rotatable bonds is 7. The van der Waals surface area contributed by atoms with Gasteiger partial charge in [-0.05, 0) is 47.7 Å². The number of benzene rings is 2. The lowest BCUT2D eigenvalue weighted by molar-refractivity contribution is 0.373. The Morgan fingerprint density at radius 2 is 1.48 bits per heavy atom. The highest BCUT2D eigenvalue weighted by molar-refractivity contribution is 7.17. The summed E-state index contributed by atoms with van der Waals surface area (Å²) in [7, 11) is 0. The second-order valence-electron chi connectivity index (χ2n) is 6.02. The molecule has 0 amide bonds. The standard InChI is InChI=1S/C23H24OS/c1-3-5-17-24-23-16-15-22(25-23)21-13-11-20(12-14-21)19-9-7-18(6-4-2)8-10-19/h3,5,7-16H,4,6,17H2,1-2H3. The molecule has 0 unspecified atom stereocenters. The number of hydrogen-bond acceptors (Lipinski definition) is 2. The summed E-state index contributed by atoms with van der Waals surface area (Å²) in [4.78, 5) is 1.24. The zero-order chi connectivity index (χ0) is 17.5. The summed E-state index contributed by atoms with van der Waals surface area (Å²) in [5.41, 5.74) is 5.17. The third-order valence-corrected chi connectivity index (χ3v) is 5.18. The van der Waals surface area contributed by atoms with Crippen LogP contribution in [0.25, 0.3) is 21.6 Å². The Kier molecular flexibility index (Phi) is 6.08. The molecule has 0 saturated carbocycles. The molecule has 0 radical (unpaired) electrons. The average molecular weight is 349 g/mol. The van der Waals surface area contributed by atoms with Crippen LogP contribution in [0.2, 0.25) is 0 Å². The van der Waals surface area contributed by atoms with Gasteiger partial charge in [-0.2, -0.15) is 0 Å². The zero-order valence-corrected chi connectivity index (χ0v) is 15.7. The van der Waals surface area contributed by atoms with Crippen molar-refractivity contribution in [3.8, 4) is 26.6 Å². The molecule has 128 valence electrons. The highest BCUT2D eigenvalue weighted by atomic mass is 32.1. The summed E-state index contributed by atoms with van der Waals surface area (Å²) in [6.45, 7) is 4.85. The maximum atomic E-state index is 5.70. The molecule has 0 atom stereocenters. The van der Waals surface area contributed by atoms with Crippen molar-refractivity contribution >= 4 is 11.3 Å². The van der Waals surface area contributed by atoms with Crippen LogP contribution in [0, 0.1) is 0 Å². The van der Waals surface area contributed by atoms with Crippen molar-refractivity contribution in [1.29, 1.82) is 0 Å². The first-order chi connectivity index (χ1) is 12.3. The molecule has 0 aliphatic rings. The van der Waals surface area contributed by atoms with Crippen molar-refractivity contribution in [2.24, 2.45) is 0 Å². The highest BCUT2D eigenvalue weighted by Gasteiger charge is 2.05. The predicted molar refractivity (Wildman–Crippen MR) is 109 cm³/mol. The van der Waals surface area contributed by atoms with E-state index in [1.807, 2.05) is 25.1 Å². The molecule has 1 heterocycles. The van der Waals surface area contributed by atoms with Gasteiger partial charge in [-0.25, -0.2) is 0 Å². The summed E-state index contributed by atoms with van der Waals surface area (Å²) in [5.74, 6) is 0. The lowest BCUT2D eigenvalue weighted by Crippen LogP contribution is -1.89. The van der Waals surface area contributed by atoms with Gasteiger partial charge in [-0.3, -0.25) is 0 Å². The fourth-order valence-corrected chi connectivity index (χ4v) is 3.63. The van der Waals surface area contributed by atoms with E-state index in [0.29, 0.717) is 6.61 Å². The molecule has 25 heavy (non-hydrogen) atoms. The summed E-state index contributed by atoms with van der Waals surface area (Å²) in [6.07, 6.45) is 6.35. The maximum absolute atomic E-state index is 5.70. The van der Waals surface area contributed by atoms with Gasteiger partial charge >= 0.3 is 0 Å². The summed E-state index contributed by atoms with van der Waals surface area (Å²) < 4.78 is 5.70. The molecule has 0 spiro atoms. The van der Waals surface area contributed by atoms with E-state index in [9.17, 15) is 0 Å². The van der Waals surface area contributed by atoms with Gasteiger partial charge in [0.05, 0.1) is 0 Å². The molecule has 0 saturated heterocycles. The lowest BCUT2D eigenvalue weighted by atomic mass is 10.0. The van der Waals surface area contributed by atoms with E-state index >= 15 is 0 Å². The van der Waals surface area contributed by atoms with Crippen LogP contribution in [0.4, 0.5) is 0 Å². The normalized spacial score (nSPS) is 11.1. The first-order valence-corrected chi connectivity index (χ1v) is 9.65. The van der Waals surface area contributed by atoms with Crippen LogP contribution >= 0.6 is 11.3 Å².